The lowest BCUT2D eigenvalue weighted by Gasteiger charge is -2.09. The maximum atomic E-state index is 11.0. The summed E-state index contributed by atoms with van der Waals surface area (Å²) in [5.41, 5.74) is 2.68. The molecule has 0 spiro atoms. The Hall–Kier alpha value is -1.88. The van der Waals surface area contributed by atoms with E-state index in [4.69, 9.17) is 0 Å². The number of benzene rings is 2. The number of nitro groups is 1. The van der Waals surface area contributed by atoms with Gasteiger partial charge in [-0.05, 0) is 30.2 Å². The first-order valence-electron chi connectivity index (χ1n) is 5.80. The Morgan fingerprint density at radius 1 is 1.26 bits per heavy atom. The molecule has 0 atom stereocenters. The molecule has 0 saturated carbocycles. The quantitative estimate of drug-likeness (QED) is 0.675. The fourth-order valence-corrected chi connectivity index (χ4v) is 2.21. The molecule has 0 unspecified atom stereocenters. The topological polar surface area (TPSA) is 55.2 Å². The Balaban J connectivity index is 2.22. The molecular weight excluding hydrogens is 308 g/mol. The van der Waals surface area contributed by atoms with Gasteiger partial charge in [0.1, 0.15) is 5.69 Å². The summed E-state index contributed by atoms with van der Waals surface area (Å²) in [6, 6.07) is 12.8. The van der Waals surface area contributed by atoms with Gasteiger partial charge in [0.2, 0.25) is 0 Å². The third-order valence-electron chi connectivity index (χ3n) is 2.78. The molecule has 2 aromatic carbocycles. The van der Waals surface area contributed by atoms with Gasteiger partial charge in [0, 0.05) is 17.1 Å². The van der Waals surface area contributed by atoms with E-state index in [1.807, 2.05) is 31.2 Å². The first-order chi connectivity index (χ1) is 9.08. The number of hydrogen-bond donors (Lipinski definition) is 1. The third-order valence-corrected chi connectivity index (χ3v) is 3.55. The van der Waals surface area contributed by atoms with Gasteiger partial charge in [0.05, 0.1) is 4.92 Å². The average Bonchev–Trinajstić information content (AvgIpc) is 2.37. The van der Waals surface area contributed by atoms with Crippen LogP contribution in [0.5, 0.6) is 0 Å². The first-order valence-corrected chi connectivity index (χ1v) is 6.59. The summed E-state index contributed by atoms with van der Waals surface area (Å²) in [5, 5.41) is 14.1. The van der Waals surface area contributed by atoms with Gasteiger partial charge in [-0.1, -0.05) is 40.2 Å². The number of nitrogens with zero attached hydrogens (tertiary/aromatic N) is 1. The summed E-state index contributed by atoms with van der Waals surface area (Å²) >= 11 is 3.46. The molecule has 0 radical (unpaired) electrons. The Kier molecular flexibility index (Phi) is 4.16. The number of aryl methyl sites for hydroxylation is 1. The lowest BCUT2D eigenvalue weighted by Crippen LogP contribution is -2.03. The fourth-order valence-electron chi connectivity index (χ4n) is 1.78. The second kappa shape index (κ2) is 5.84. The molecule has 1 N–H and O–H groups in total. The van der Waals surface area contributed by atoms with E-state index in [2.05, 4.69) is 21.2 Å². The molecule has 0 heterocycles. The van der Waals surface area contributed by atoms with Crippen LogP contribution in [0, 0.1) is 17.0 Å². The summed E-state index contributed by atoms with van der Waals surface area (Å²) in [4.78, 5) is 10.6. The lowest BCUT2D eigenvalue weighted by molar-refractivity contribution is -0.384. The van der Waals surface area contributed by atoms with Crippen LogP contribution in [0.25, 0.3) is 0 Å². The van der Waals surface area contributed by atoms with Crippen molar-refractivity contribution in [2.24, 2.45) is 0 Å². The standard InChI is InChI=1S/C14H13BrN2O2/c1-10-6-7-14(17(18)19)13(8-10)16-9-11-4-2-3-5-12(11)15/h2-8,16H,9H2,1H3. The van der Waals surface area contributed by atoms with Crippen LogP contribution in [0.2, 0.25) is 0 Å². The second-order valence-corrected chi connectivity index (χ2v) is 5.08. The average molecular weight is 321 g/mol. The van der Waals surface area contributed by atoms with Crippen LogP contribution in [-0.2, 0) is 6.54 Å². The van der Waals surface area contributed by atoms with Crippen molar-refractivity contribution in [2.75, 3.05) is 5.32 Å². The van der Waals surface area contributed by atoms with Crippen LogP contribution in [0.1, 0.15) is 11.1 Å². The van der Waals surface area contributed by atoms with Gasteiger partial charge < -0.3 is 5.32 Å². The third kappa shape index (κ3) is 3.32. The SMILES string of the molecule is Cc1ccc([N+](=O)[O-])c(NCc2ccccc2Br)c1. The minimum Gasteiger partial charge on any atom is -0.375 e. The molecule has 19 heavy (non-hydrogen) atoms. The molecule has 0 aliphatic rings. The smallest absolute Gasteiger partial charge is 0.292 e. The predicted molar refractivity (Wildman–Crippen MR) is 79.3 cm³/mol. The van der Waals surface area contributed by atoms with Crippen LogP contribution < -0.4 is 5.32 Å². The van der Waals surface area contributed by atoms with Crippen molar-refractivity contribution in [3.63, 3.8) is 0 Å². The number of nitro benzene ring substituents is 1. The van der Waals surface area contributed by atoms with Crippen molar-refractivity contribution >= 4 is 27.3 Å². The normalized spacial score (nSPS) is 10.2. The lowest BCUT2D eigenvalue weighted by atomic mass is 10.1. The number of hydrogen-bond acceptors (Lipinski definition) is 3. The van der Waals surface area contributed by atoms with Gasteiger partial charge in [-0.15, -0.1) is 0 Å². The molecule has 0 aliphatic carbocycles. The Morgan fingerprint density at radius 3 is 2.68 bits per heavy atom. The van der Waals surface area contributed by atoms with E-state index in [-0.39, 0.29) is 10.6 Å². The van der Waals surface area contributed by atoms with Gasteiger partial charge in [0.25, 0.3) is 5.69 Å². The second-order valence-electron chi connectivity index (χ2n) is 4.22. The van der Waals surface area contributed by atoms with Crippen molar-refractivity contribution in [1.29, 1.82) is 0 Å². The molecule has 5 heteroatoms. The Labute approximate surface area is 119 Å². The highest BCUT2D eigenvalue weighted by Gasteiger charge is 2.13. The number of nitrogens with one attached hydrogen (secondary N) is 1. The van der Waals surface area contributed by atoms with Crippen molar-refractivity contribution in [1.82, 2.24) is 0 Å². The maximum Gasteiger partial charge on any atom is 0.292 e. The van der Waals surface area contributed by atoms with Crippen molar-refractivity contribution in [3.8, 4) is 0 Å². The predicted octanol–water partition coefficient (Wildman–Crippen LogP) is 4.28. The Bertz CT molecular complexity index is 614. The highest BCUT2D eigenvalue weighted by atomic mass is 79.9. The van der Waals surface area contributed by atoms with Gasteiger partial charge in [0.15, 0.2) is 0 Å². The molecule has 0 fully saturated rings. The minimum absolute atomic E-state index is 0.0950. The number of anilines is 1. The molecule has 0 saturated heterocycles. The van der Waals surface area contributed by atoms with Crippen molar-refractivity contribution in [2.45, 2.75) is 13.5 Å². The van der Waals surface area contributed by atoms with E-state index in [0.29, 0.717) is 12.2 Å². The number of rotatable bonds is 4. The van der Waals surface area contributed by atoms with Gasteiger partial charge >= 0.3 is 0 Å². The zero-order chi connectivity index (χ0) is 13.8. The van der Waals surface area contributed by atoms with E-state index in [9.17, 15) is 10.1 Å². The zero-order valence-corrected chi connectivity index (χ0v) is 12.0. The summed E-state index contributed by atoms with van der Waals surface area (Å²) < 4.78 is 0.984. The van der Waals surface area contributed by atoms with Gasteiger partial charge in [-0.2, -0.15) is 0 Å². The monoisotopic (exact) mass is 320 g/mol. The molecule has 0 bridgehead atoms. The minimum atomic E-state index is -0.373. The van der Waals surface area contributed by atoms with Crippen LogP contribution >= 0.6 is 15.9 Å². The number of halogens is 1. The van der Waals surface area contributed by atoms with Crippen LogP contribution in [0.3, 0.4) is 0 Å². The van der Waals surface area contributed by atoms with E-state index in [1.165, 1.54) is 6.07 Å². The van der Waals surface area contributed by atoms with E-state index in [0.717, 1.165) is 15.6 Å². The largest absolute Gasteiger partial charge is 0.375 e. The molecular formula is C14H13BrN2O2. The molecule has 2 rings (SSSR count). The Morgan fingerprint density at radius 2 is 2.00 bits per heavy atom. The van der Waals surface area contributed by atoms with E-state index in [1.54, 1.807) is 12.1 Å². The highest BCUT2D eigenvalue weighted by molar-refractivity contribution is 9.10. The van der Waals surface area contributed by atoms with Crippen molar-refractivity contribution < 1.29 is 4.92 Å². The highest BCUT2D eigenvalue weighted by Crippen LogP contribution is 2.26. The molecule has 4 nitrogen and oxygen atoms in total. The fraction of sp³-hybridized carbons (Fsp3) is 0.143. The molecule has 0 aliphatic heterocycles. The van der Waals surface area contributed by atoms with Gasteiger partial charge in [-0.3, -0.25) is 10.1 Å². The van der Waals surface area contributed by atoms with Crippen LogP contribution in [-0.4, -0.2) is 4.92 Å². The van der Waals surface area contributed by atoms with Crippen LogP contribution in [0.4, 0.5) is 11.4 Å². The van der Waals surface area contributed by atoms with Crippen molar-refractivity contribution in [3.05, 3.63) is 68.2 Å². The summed E-state index contributed by atoms with van der Waals surface area (Å²) in [6.45, 7) is 2.44. The molecule has 98 valence electrons. The zero-order valence-electron chi connectivity index (χ0n) is 10.4. The van der Waals surface area contributed by atoms with Crippen LogP contribution in [0.15, 0.2) is 46.9 Å². The molecule has 0 amide bonds. The van der Waals surface area contributed by atoms with Gasteiger partial charge in [-0.25, -0.2) is 0 Å². The molecule has 0 aromatic heterocycles. The first kappa shape index (κ1) is 13.5. The summed E-state index contributed by atoms with van der Waals surface area (Å²) in [6.07, 6.45) is 0. The summed E-state index contributed by atoms with van der Waals surface area (Å²) in [7, 11) is 0. The summed E-state index contributed by atoms with van der Waals surface area (Å²) in [5.74, 6) is 0. The van der Waals surface area contributed by atoms with E-state index < -0.39 is 0 Å². The molecule has 2 aromatic rings. The maximum absolute atomic E-state index is 11.0. The van der Waals surface area contributed by atoms with E-state index >= 15 is 0 Å².